The standard InChI is InChI=1S/C20H22N2O2/c1-4-13(3)15-8-11-18-17(12-15)22-20(24-18)14-6-9-16(10-7-14)21-19(23)5-2/h6-13H,4-5H2,1-3H3,(H,21,23). The Labute approximate surface area is 141 Å². The minimum absolute atomic E-state index is 0.00202. The summed E-state index contributed by atoms with van der Waals surface area (Å²) in [5.41, 5.74) is 4.63. The Hall–Kier alpha value is -2.62. The highest BCUT2D eigenvalue weighted by Crippen LogP contribution is 2.28. The van der Waals surface area contributed by atoms with E-state index in [9.17, 15) is 4.79 Å². The Morgan fingerprint density at radius 1 is 1.17 bits per heavy atom. The van der Waals surface area contributed by atoms with Crippen molar-refractivity contribution in [1.29, 1.82) is 0 Å². The number of nitrogens with one attached hydrogen (secondary N) is 1. The van der Waals surface area contributed by atoms with Crippen molar-refractivity contribution in [3.05, 3.63) is 48.0 Å². The molecular weight excluding hydrogens is 300 g/mol. The second kappa shape index (κ2) is 6.87. The van der Waals surface area contributed by atoms with Crippen LogP contribution >= 0.6 is 0 Å². The summed E-state index contributed by atoms with van der Waals surface area (Å²) in [5.74, 6) is 1.11. The van der Waals surface area contributed by atoms with Gasteiger partial charge in [0, 0.05) is 17.7 Å². The first-order valence-electron chi connectivity index (χ1n) is 8.41. The summed E-state index contributed by atoms with van der Waals surface area (Å²) in [7, 11) is 0. The van der Waals surface area contributed by atoms with Gasteiger partial charge < -0.3 is 9.73 Å². The van der Waals surface area contributed by atoms with E-state index in [0.717, 1.165) is 28.8 Å². The lowest BCUT2D eigenvalue weighted by Gasteiger charge is -2.07. The molecule has 0 aliphatic rings. The number of benzene rings is 2. The average Bonchev–Trinajstić information content (AvgIpc) is 3.04. The number of hydrogen-bond donors (Lipinski definition) is 1. The number of oxazole rings is 1. The average molecular weight is 322 g/mol. The van der Waals surface area contributed by atoms with Gasteiger partial charge in [0.25, 0.3) is 0 Å². The van der Waals surface area contributed by atoms with Crippen LogP contribution in [0.2, 0.25) is 0 Å². The number of amides is 1. The molecular formula is C20H22N2O2. The van der Waals surface area contributed by atoms with E-state index in [1.165, 1.54) is 5.56 Å². The molecule has 0 aliphatic heterocycles. The number of aromatic nitrogens is 1. The highest BCUT2D eigenvalue weighted by Gasteiger charge is 2.11. The summed E-state index contributed by atoms with van der Waals surface area (Å²) in [6.45, 7) is 6.23. The van der Waals surface area contributed by atoms with Crippen molar-refractivity contribution in [3.63, 3.8) is 0 Å². The molecule has 0 saturated heterocycles. The van der Waals surface area contributed by atoms with E-state index >= 15 is 0 Å². The number of carbonyl (C=O) groups is 1. The van der Waals surface area contributed by atoms with Crippen LogP contribution in [0.3, 0.4) is 0 Å². The van der Waals surface area contributed by atoms with Crippen molar-refractivity contribution in [3.8, 4) is 11.5 Å². The lowest BCUT2D eigenvalue weighted by molar-refractivity contribution is -0.115. The topological polar surface area (TPSA) is 55.1 Å². The third-order valence-electron chi connectivity index (χ3n) is 4.33. The first-order valence-corrected chi connectivity index (χ1v) is 8.41. The van der Waals surface area contributed by atoms with Crippen LogP contribution in [0.1, 0.15) is 45.1 Å². The third-order valence-corrected chi connectivity index (χ3v) is 4.33. The van der Waals surface area contributed by atoms with Gasteiger partial charge in [-0.1, -0.05) is 26.8 Å². The Kier molecular flexibility index (Phi) is 4.65. The number of rotatable bonds is 5. The second-order valence-corrected chi connectivity index (χ2v) is 6.03. The van der Waals surface area contributed by atoms with Gasteiger partial charge in [-0.05, 0) is 54.3 Å². The van der Waals surface area contributed by atoms with E-state index in [0.29, 0.717) is 18.2 Å². The Morgan fingerprint density at radius 3 is 2.58 bits per heavy atom. The molecule has 0 saturated carbocycles. The van der Waals surface area contributed by atoms with Crippen LogP contribution in [0.25, 0.3) is 22.6 Å². The lowest BCUT2D eigenvalue weighted by Crippen LogP contribution is -2.08. The first kappa shape index (κ1) is 16.2. The monoisotopic (exact) mass is 322 g/mol. The molecule has 0 radical (unpaired) electrons. The van der Waals surface area contributed by atoms with Crippen molar-refractivity contribution in [1.82, 2.24) is 4.98 Å². The van der Waals surface area contributed by atoms with Crippen LogP contribution in [-0.4, -0.2) is 10.9 Å². The first-order chi connectivity index (χ1) is 11.6. The summed E-state index contributed by atoms with van der Waals surface area (Å²) in [6, 6.07) is 13.7. The highest BCUT2D eigenvalue weighted by molar-refractivity contribution is 5.90. The Morgan fingerprint density at radius 2 is 1.92 bits per heavy atom. The van der Waals surface area contributed by atoms with Crippen molar-refractivity contribution in [2.75, 3.05) is 5.32 Å². The van der Waals surface area contributed by atoms with Crippen LogP contribution in [0, 0.1) is 0 Å². The molecule has 1 aromatic heterocycles. The van der Waals surface area contributed by atoms with Crippen molar-refractivity contribution < 1.29 is 9.21 Å². The molecule has 0 fully saturated rings. The van der Waals surface area contributed by atoms with Gasteiger partial charge in [-0.25, -0.2) is 4.98 Å². The second-order valence-electron chi connectivity index (χ2n) is 6.03. The summed E-state index contributed by atoms with van der Waals surface area (Å²) < 4.78 is 5.87. The van der Waals surface area contributed by atoms with E-state index in [4.69, 9.17) is 4.42 Å². The normalized spacial score (nSPS) is 12.3. The zero-order valence-corrected chi connectivity index (χ0v) is 14.3. The summed E-state index contributed by atoms with van der Waals surface area (Å²) in [4.78, 5) is 16.0. The molecule has 1 N–H and O–H groups in total. The molecule has 4 heteroatoms. The molecule has 3 aromatic rings. The maximum absolute atomic E-state index is 11.4. The molecule has 0 spiro atoms. The van der Waals surface area contributed by atoms with Gasteiger partial charge in [-0.2, -0.15) is 0 Å². The smallest absolute Gasteiger partial charge is 0.227 e. The number of anilines is 1. The van der Waals surface area contributed by atoms with Crippen molar-refractivity contribution in [2.45, 2.75) is 39.5 Å². The zero-order chi connectivity index (χ0) is 17.1. The minimum atomic E-state index is 0.00202. The summed E-state index contributed by atoms with van der Waals surface area (Å²) in [5, 5.41) is 2.83. The van der Waals surface area contributed by atoms with Gasteiger partial charge in [-0.15, -0.1) is 0 Å². The SMILES string of the molecule is CCC(=O)Nc1ccc(-c2nc3cc(C(C)CC)ccc3o2)cc1. The summed E-state index contributed by atoms with van der Waals surface area (Å²) in [6.07, 6.45) is 1.56. The minimum Gasteiger partial charge on any atom is -0.436 e. The van der Waals surface area contributed by atoms with Crippen LogP contribution in [0.4, 0.5) is 5.69 Å². The number of hydrogen-bond acceptors (Lipinski definition) is 3. The molecule has 1 amide bonds. The molecule has 0 aliphatic carbocycles. The zero-order valence-electron chi connectivity index (χ0n) is 14.3. The van der Waals surface area contributed by atoms with E-state index in [-0.39, 0.29) is 5.91 Å². The quantitative estimate of drug-likeness (QED) is 0.688. The Bertz CT molecular complexity index is 850. The van der Waals surface area contributed by atoms with Crippen molar-refractivity contribution >= 4 is 22.7 Å². The molecule has 0 bridgehead atoms. The van der Waals surface area contributed by atoms with E-state index in [1.807, 2.05) is 37.3 Å². The fourth-order valence-electron chi connectivity index (χ4n) is 2.56. The molecule has 1 atom stereocenters. The Balaban J connectivity index is 1.87. The van der Waals surface area contributed by atoms with Crippen LogP contribution < -0.4 is 5.32 Å². The van der Waals surface area contributed by atoms with Gasteiger partial charge in [0.05, 0.1) is 0 Å². The predicted octanol–water partition coefficient (Wildman–Crippen LogP) is 5.36. The van der Waals surface area contributed by atoms with Crippen LogP contribution in [0.15, 0.2) is 46.9 Å². The molecule has 2 aromatic carbocycles. The van der Waals surface area contributed by atoms with Gasteiger partial charge in [-0.3, -0.25) is 4.79 Å². The van der Waals surface area contributed by atoms with Crippen LogP contribution in [-0.2, 0) is 4.79 Å². The molecule has 4 nitrogen and oxygen atoms in total. The third kappa shape index (κ3) is 3.32. The van der Waals surface area contributed by atoms with Gasteiger partial charge in [0.15, 0.2) is 5.58 Å². The molecule has 1 heterocycles. The number of fused-ring (bicyclic) bond motifs is 1. The predicted molar refractivity (Wildman–Crippen MR) is 97.1 cm³/mol. The lowest BCUT2D eigenvalue weighted by atomic mass is 9.98. The number of nitrogens with zero attached hydrogens (tertiary/aromatic N) is 1. The summed E-state index contributed by atoms with van der Waals surface area (Å²) >= 11 is 0. The maximum Gasteiger partial charge on any atom is 0.227 e. The maximum atomic E-state index is 11.4. The van der Waals surface area contributed by atoms with Gasteiger partial charge in [0.2, 0.25) is 11.8 Å². The van der Waals surface area contributed by atoms with Gasteiger partial charge >= 0.3 is 0 Å². The van der Waals surface area contributed by atoms with E-state index in [1.54, 1.807) is 0 Å². The molecule has 24 heavy (non-hydrogen) atoms. The fourth-order valence-corrected chi connectivity index (χ4v) is 2.56. The number of carbonyl (C=O) groups excluding carboxylic acids is 1. The largest absolute Gasteiger partial charge is 0.436 e. The molecule has 3 rings (SSSR count). The van der Waals surface area contributed by atoms with E-state index < -0.39 is 0 Å². The van der Waals surface area contributed by atoms with Gasteiger partial charge in [0.1, 0.15) is 5.52 Å². The molecule has 124 valence electrons. The fraction of sp³-hybridized carbons (Fsp3) is 0.300. The molecule has 1 unspecified atom stereocenters. The highest BCUT2D eigenvalue weighted by atomic mass is 16.3. The van der Waals surface area contributed by atoms with E-state index in [2.05, 4.69) is 36.3 Å². The van der Waals surface area contributed by atoms with Crippen LogP contribution in [0.5, 0.6) is 0 Å². The van der Waals surface area contributed by atoms with Crippen molar-refractivity contribution in [2.24, 2.45) is 0 Å².